The quantitative estimate of drug-likeness (QED) is 0.942. The standard InChI is InChI=1S/C19H26N4O/c1-3-18-7-13-6-14(8-18)10-19(9-13,12-18)21-16(24)15-11-20-23-5-4-22(2)17(15)23/h4-5,11,13-14H,3,6-10,12H2,1-2H3,(H,21,24). The Bertz CT molecular complexity index is 803. The van der Waals surface area contributed by atoms with Crippen LogP contribution in [-0.4, -0.2) is 25.6 Å². The Morgan fingerprint density at radius 2 is 2.04 bits per heavy atom. The Hall–Kier alpha value is -1.78. The van der Waals surface area contributed by atoms with Crippen molar-refractivity contribution in [1.29, 1.82) is 0 Å². The second-order valence-electron chi connectivity index (χ2n) is 8.78. The Kier molecular flexibility index (Phi) is 2.82. The van der Waals surface area contributed by atoms with Crippen LogP contribution < -0.4 is 5.32 Å². The van der Waals surface area contributed by atoms with E-state index in [0.29, 0.717) is 11.0 Å². The highest BCUT2D eigenvalue weighted by atomic mass is 16.1. The molecule has 4 aliphatic carbocycles. The number of carbonyl (C=O) groups is 1. The molecule has 1 amide bonds. The van der Waals surface area contributed by atoms with Crippen molar-refractivity contribution in [1.82, 2.24) is 19.5 Å². The molecule has 2 atom stereocenters. The number of amides is 1. The summed E-state index contributed by atoms with van der Waals surface area (Å²) < 4.78 is 3.75. The maximum absolute atomic E-state index is 13.1. The fraction of sp³-hybridized carbons (Fsp3) is 0.684. The number of aromatic nitrogens is 3. The van der Waals surface area contributed by atoms with Crippen molar-refractivity contribution in [3.63, 3.8) is 0 Å². The minimum atomic E-state index is 0.0244. The van der Waals surface area contributed by atoms with Crippen LogP contribution in [0.1, 0.15) is 62.2 Å². The Morgan fingerprint density at radius 1 is 1.29 bits per heavy atom. The van der Waals surface area contributed by atoms with Crippen molar-refractivity contribution in [2.24, 2.45) is 24.3 Å². The van der Waals surface area contributed by atoms with Crippen LogP contribution in [0.15, 0.2) is 18.6 Å². The van der Waals surface area contributed by atoms with E-state index in [4.69, 9.17) is 0 Å². The molecule has 6 rings (SSSR count). The molecule has 2 unspecified atom stereocenters. The molecule has 4 fully saturated rings. The van der Waals surface area contributed by atoms with Crippen LogP contribution in [0.2, 0.25) is 0 Å². The third-order valence-electron chi connectivity index (χ3n) is 7.09. The second kappa shape index (κ2) is 4.64. The number of hydrogen-bond donors (Lipinski definition) is 1. The lowest BCUT2D eigenvalue weighted by molar-refractivity contribution is -0.0794. The molecule has 5 heteroatoms. The summed E-state index contributed by atoms with van der Waals surface area (Å²) in [7, 11) is 1.96. The first-order valence-electron chi connectivity index (χ1n) is 9.33. The van der Waals surface area contributed by atoms with Crippen molar-refractivity contribution in [3.8, 4) is 0 Å². The van der Waals surface area contributed by atoms with Crippen LogP contribution in [0.4, 0.5) is 0 Å². The van der Waals surface area contributed by atoms with Gasteiger partial charge in [-0.15, -0.1) is 0 Å². The number of nitrogens with one attached hydrogen (secondary N) is 1. The Balaban J connectivity index is 1.47. The molecule has 2 aromatic heterocycles. The van der Waals surface area contributed by atoms with Gasteiger partial charge in [0.25, 0.3) is 5.91 Å². The van der Waals surface area contributed by atoms with Gasteiger partial charge in [0.2, 0.25) is 0 Å². The lowest BCUT2D eigenvalue weighted by Gasteiger charge is -2.62. The fourth-order valence-electron chi connectivity index (χ4n) is 6.53. The van der Waals surface area contributed by atoms with Crippen LogP contribution >= 0.6 is 0 Å². The third kappa shape index (κ3) is 1.93. The smallest absolute Gasteiger partial charge is 0.257 e. The molecular weight excluding hydrogens is 300 g/mol. The van der Waals surface area contributed by atoms with Gasteiger partial charge in [-0.25, -0.2) is 4.52 Å². The lowest BCUT2D eigenvalue weighted by Crippen LogP contribution is -2.63. The molecule has 4 bridgehead atoms. The van der Waals surface area contributed by atoms with Gasteiger partial charge in [0.05, 0.1) is 6.20 Å². The van der Waals surface area contributed by atoms with Crippen molar-refractivity contribution in [2.75, 3.05) is 0 Å². The molecule has 2 heterocycles. The molecule has 0 aliphatic heterocycles. The first-order chi connectivity index (χ1) is 11.5. The van der Waals surface area contributed by atoms with E-state index in [-0.39, 0.29) is 11.4 Å². The summed E-state index contributed by atoms with van der Waals surface area (Å²) in [5.74, 6) is 1.68. The highest BCUT2D eigenvalue weighted by molar-refractivity contribution is 6.00. The zero-order valence-electron chi connectivity index (χ0n) is 14.6. The molecule has 0 saturated heterocycles. The van der Waals surface area contributed by atoms with E-state index >= 15 is 0 Å². The Labute approximate surface area is 142 Å². The van der Waals surface area contributed by atoms with Gasteiger partial charge < -0.3 is 9.88 Å². The first kappa shape index (κ1) is 14.6. The largest absolute Gasteiger partial charge is 0.346 e. The van der Waals surface area contributed by atoms with Gasteiger partial charge in [-0.1, -0.05) is 13.3 Å². The molecule has 128 valence electrons. The maximum atomic E-state index is 13.1. The summed E-state index contributed by atoms with van der Waals surface area (Å²) in [6.07, 6.45) is 14.5. The van der Waals surface area contributed by atoms with Gasteiger partial charge in [-0.2, -0.15) is 5.10 Å². The zero-order valence-corrected chi connectivity index (χ0v) is 14.6. The van der Waals surface area contributed by atoms with E-state index < -0.39 is 0 Å². The van der Waals surface area contributed by atoms with Crippen LogP contribution in [0.3, 0.4) is 0 Å². The summed E-state index contributed by atoms with van der Waals surface area (Å²) in [6.45, 7) is 2.34. The molecule has 0 radical (unpaired) electrons. The van der Waals surface area contributed by atoms with Crippen LogP contribution in [0.5, 0.6) is 0 Å². The van der Waals surface area contributed by atoms with Gasteiger partial charge in [-0.05, 0) is 55.8 Å². The number of rotatable bonds is 3. The van der Waals surface area contributed by atoms with E-state index in [9.17, 15) is 4.79 Å². The van der Waals surface area contributed by atoms with Gasteiger partial charge in [0.15, 0.2) is 0 Å². The average Bonchev–Trinajstić information content (AvgIpc) is 3.09. The summed E-state index contributed by atoms with van der Waals surface area (Å²) in [4.78, 5) is 13.1. The molecule has 1 N–H and O–H groups in total. The van der Waals surface area contributed by atoms with E-state index in [1.807, 2.05) is 24.0 Å². The van der Waals surface area contributed by atoms with Gasteiger partial charge in [0.1, 0.15) is 11.2 Å². The second-order valence-corrected chi connectivity index (χ2v) is 8.78. The summed E-state index contributed by atoms with van der Waals surface area (Å²) in [6, 6.07) is 0. The molecule has 24 heavy (non-hydrogen) atoms. The Morgan fingerprint density at radius 3 is 2.75 bits per heavy atom. The van der Waals surface area contributed by atoms with Gasteiger partial charge in [0, 0.05) is 25.0 Å². The number of imidazole rings is 1. The molecule has 4 saturated carbocycles. The molecular formula is C19H26N4O. The highest BCUT2D eigenvalue weighted by Gasteiger charge is 2.57. The number of hydrogen-bond acceptors (Lipinski definition) is 2. The number of nitrogens with zero attached hydrogens (tertiary/aromatic N) is 3. The summed E-state index contributed by atoms with van der Waals surface area (Å²) in [5, 5.41) is 7.81. The molecule has 5 nitrogen and oxygen atoms in total. The molecule has 0 spiro atoms. The van der Waals surface area contributed by atoms with Crippen molar-refractivity contribution in [2.45, 2.75) is 57.4 Å². The topological polar surface area (TPSA) is 51.3 Å². The van der Waals surface area contributed by atoms with Crippen molar-refractivity contribution < 1.29 is 4.79 Å². The van der Waals surface area contributed by atoms with Crippen LogP contribution in [0, 0.1) is 17.3 Å². The molecule has 2 aromatic rings. The minimum absolute atomic E-state index is 0.0244. The molecule has 4 aliphatic rings. The summed E-state index contributed by atoms with van der Waals surface area (Å²) in [5.41, 5.74) is 2.08. The first-order valence-corrected chi connectivity index (χ1v) is 9.33. The normalized spacial score (nSPS) is 37.2. The van der Waals surface area contributed by atoms with E-state index in [0.717, 1.165) is 17.5 Å². The lowest BCUT2D eigenvalue weighted by atomic mass is 9.46. The monoisotopic (exact) mass is 326 g/mol. The number of fused-ring (bicyclic) bond motifs is 1. The zero-order chi connectivity index (χ0) is 16.5. The third-order valence-corrected chi connectivity index (χ3v) is 7.09. The fourth-order valence-corrected chi connectivity index (χ4v) is 6.53. The summed E-state index contributed by atoms with van der Waals surface area (Å²) >= 11 is 0. The van der Waals surface area contributed by atoms with Crippen LogP contribution in [-0.2, 0) is 7.05 Å². The average molecular weight is 326 g/mol. The predicted molar refractivity (Wildman–Crippen MR) is 91.8 cm³/mol. The highest BCUT2D eigenvalue weighted by Crippen LogP contribution is 2.62. The van der Waals surface area contributed by atoms with E-state index in [2.05, 4.69) is 17.3 Å². The van der Waals surface area contributed by atoms with Gasteiger partial charge in [-0.3, -0.25) is 4.79 Å². The van der Waals surface area contributed by atoms with Crippen LogP contribution in [0.25, 0.3) is 5.65 Å². The maximum Gasteiger partial charge on any atom is 0.257 e. The van der Waals surface area contributed by atoms with Crippen molar-refractivity contribution >= 4 is 11.6 Å². The van der Waals surface area contributed by atoms with Gasteiger partial charge >= 0.3 is 0 Å². The number of aryl methyl sites for hydroxylation is 1. The SMILES string of the molecule is CCC12CC3CC(C1)CC(NC(=O)c1cnn4ccn(C)c14)(C3)C2. The predicted octanol–water partition coefficient (Wildman–Crippen LogP) is 3.15. The number of carbonyl (C=O) groups excluding carboxylic acids is 1. The minimum Gasteiger partial charge on any atom is -0.346 e. The van der Waals surface area contributed by atoms with E-state index in [1.165, 1.54) is 44.9 Å². The molecule has 0 aromatic carbocycles. The van der Waals surface area contributed by atoms with Crippen molar-refractivity contribution in [3.05, 3.63) is 24.2 Å². The van der Waals surface area contributed by atoms with E-state index in [1.54, 1.807) is 10.7 Å².